The zero-order valence-electron chi connectivity index (χ0n) is 14.8. The van der Waals surface area contributed by atoms with Gasteiger partial charge in [-0.25, -0.2) is 0 Å². The second kappa shape index (κ2) is 6.98. The minimum Gasteiger partial charge on any atom is -0.342 e. The van der Waals surface area contributed by atoms with E-state index >= 15 is 0 Å². The summed E-state index contributed by atoms with van der Waals surface area (Å²) in [6, 6.07) is 1.92. The molecule has 134 valence electrons. The molecule has 2 aromatic rings. The van der Waals surface area contributed by atoms with E-state index in [2.05, 4.69) is 31.7 Å². The molecule has 1 aliphatic carbocycles. The average molecular weight is 342 g/mol. The zero-order valence-corrected chi connectivity index (χ0v) is 14.8. The Morgan fingerprint density at radius 3 is 2.60 bits per heavy atom. The summed E-state index contributed by atoms with van der Waals surface area (Å²) in [6.07, 6.45) is 9.07. The van der Waals surface area contributed by atoms with Crippen molar-refractivity contribution < 1.29 is 4.79 Å². The average Bonchev–Trinajstić information content (AvgIpc) is 3.23. The number of likely N-dealkylation sites (tertiary alicyclic amines) is 1. The monoisotopic (exact) mass is 342 g/mol. The first-order valence-corrected chi connectivity index (χ1v) is 9.44. The quantitative estimate of drug-likeness (QED) is 0.834. The molecule has 2 fully saturated rings. The first-order chi connectivity index (χ1) is 12.3. The molecule has 0 unspecified atom stereocenters. The Bertz CT molecular complexity index is 710. The van der Waals surface area contributed by atoms with Gasteiger partial charge in [-0.1, -0.05) is 6.42 Å². The fraction of sp³-hybridized carbons (Fsp3) is 0.667. The SMILES string of the molecule is CCn1c(Cn2cccn2)nnc1C1CCN(C(=O)C2CCC2)CC1. The van der Waals surface area contributed by atoms with Crippen LogP contribution in [0.25, 0.3) is 0 Å². The van der Waals surface area contributed by atoms with Gasteiger partial charge in [-0.2, -0.15) is 5.10 Å². The molecule has 1 saturated carbocycles. The molecule has 0 bridgehead atoms. The van der Waals surface area contributed by atoms with Crippen molar-refractivity contribution in [1.82, 2.24) is 29.4 Å². The number of rotatable bonds is 5. The summed E-state index contributed by atoms with van der Waals surface area (Å²) in [5.41, 5.74) is 0. The molecule has 2 aromatic heterocycles. The molecule has 0 N–H and O–H groups in total. The third-order valence-corrected chi connectivity index (χ3v) is 5.66. The highest BCUT2D eigenvalue weighted by Gasteiger charge is 2.33. The van der Waals surface area contributed by atoms with Gasteiger partial charge in [-0.05, 0) is 38.7 Å². The molecule has 1 saturated heterocycles. The van der Waals surface area contributed by atoms with E-state index in [4.69, 9.17) is 0 Å². The fourth-order valence-corrected chi connectivity index (χ4v) is 3.92. The van der Waals surface area contributed by atoms with Gasteiger partial charge in [0.25, 0.3) is 0 Å². The Balaban J connectivity index is 1.42. The van der Waals surface area contributed by atoms with Gasteiger partial charge < -0.3 is 9.47 Å². The maximum Gasteiger partial charge on any atom is 0.225 e. The van der Waals surface area contributed by atoms with Crippen LogP contribution in [-0.4, -0.2) is 48.4 Å². The standard InChI is InChI=1S/C18H26N6O/c1-2-24-16(13-23-10-4-9-19-23)20-21-17(24)14-7-11-22(12-8-14)18(25)15-5-3-6-15/h4,9-10,14-15H,2-3,5-8,11-13H2,1H3. The highest BCUT2D eigenvalue weighted by atomic mass is 16.2. The van der Waals surface area contributed by atoms with Crippen LogP contribution in [0.1, 0.15) is 56.6 Å². The lowest BCUT2D eigenvalue weighted by Gasteiger charge is -2.36. The number of aromatic nitrogens is 5. The van der Waals surface area contributed by atoms with Crippen LogP contribution in [0.3, 0.4) is 0 Å². The minimum absolute atomic E-state index is 0.302. The second-order valence-corrected chi connectivity index (χ2v) is 7.15. The van der Waals surface area contributed by atoms with Gasteiger partial charge in [0.15, 0.2) is 5.82 Å². The summed E-state index contributed by atoms with van der Waals surface area (Å²) < 4.78 is 4.09. The molecule has 3 heterocycles. The van der Waals surface area contributed by atoms with Crippen molar-refractivity contribution in [3.63, 3.8) is 0 Å². The van der Waals surface area contributed by atoms with E-state index < -0.39 is 0 Å². The first kappa shape index (κ1) is 16.3. The Morgan fingerprint density at radius 2 is 2.00 bits per heavy atom. The van der Waals surface area contributed by atoms with E-state index in [9.17, 15) is 4.79 Å². The van der Waals surface area contributed by atoms with Gasteiger partial charge in [-0.15, -0.1) is 10.2 Å². The molecule has 1 amide bonds. The van der Waals surface area contributed by atoms with Crippen molar-refractivity contribution in [1.29, 1.82) is 0 Å². The third-order valence-electron chi connectivity index (χ3n) is 5.66. The minimum atomic E-state index is 0.302. The largest absolute Gasteiger partial charge is 0.342 e. The molecule has 4 rings (SSSR count). The summed E-state index contributed by atoms with van der Waals surface area (Å²) in [5.74, 6) is 3.09. The van der Waals surface area contributed by atoms with E-state index in [1.807, 2.05) is 16.9 Å². The third kappa shape index (κ3) is 3.19. The molecule has 0 radical (unpaired) electrons. The summed E-state index contributed by atoms with van der Waals surface area (Å²) in [6.45, 7) is 5.35. The molecule has 25 heavy (non-hydrogen) atoms. The smallest absolute Gasteiger partial charge is 0.225 e. The molecule has 0 aromatic carbocycles. The van der Waals surface area contributed by atoms with E-state index in [0.29, 0.717) is 24.3 Å². The lowest BCUT2D eigenvalue weighted by molar-refractivity contribution is -0.139. The van der Waals surface area contributed by atoms with Gasteiger partial charge in [-0.3, -0.25) is 9.48 Å². The summed E-state index contributed by atoms with van der Waals surface area (Å²) >= 11 is 0. The summed E-state index contributed by atoms with van der Waals surface area (Å²) in [7, 11) is 0. The van der Waals surface area contributed by atoms with Gasteiger partial charge in [0, 0.05) is 43.9 Å². The lowest BCUT2D eigenvalue weighted by Crippen LogP contribution is -2.43. The van der Waals surface area contributed by atoms with Crippen LogP contribution < -0.4 is 0 Å². The summed E-state index contributed by atoms with van der Waals surface area (Å²) in [5, 5.41) is 13.2. The Hall–Kier alpha value is -2.18. The second-order valence-electron chi connectivity index (χ2n) is 7.15. The Labute approximate surface area is 148 Å². The number of amides is 1. The van der Waals surface area contributed by atoms with Crippen LogP contribution in [0.15, 0.2) is 18.5 Å². The highest BCUT2D eigenvalue weighted by Crippen LogP contribution is 2.32. The fourth-order valence-electron chi connectivity index (χ4n) is 3.92. The van der Waals surface area contributed by atoms with Crippen LogP contribution in [0.5, 0.6) is 0 Å². The van der Waals surface area contributed by atoms with Crippen molar-refractivity contribution in [2.45, 2.75) is 58.0 Å². The van der Waals surface area contributed by atoms with E-state index in [0.717, 1.165) is 57.0 Å². The van der Waals surface area contributed by atoms with Crippen molar-refractivity contribution in [2.75, 3.05) is 13.1 Å². The van der Waals surface area contributed by atoms with Crippen molar-refractivity contribution in [2.24, 2.45) is 5.92 Å². The van der Waals surface area contributed by atoms with Crippen LogP contribution in [0.2, 0.25) is 0 Å². The van der Waals surface area contributed by atoms with E-state index in [-0.39, 0.29) is 0 Å². The van der Waals surface area contributed by atoms with Gasteiger partial charge in [0.05, 0.1) is 0 Å². The molecule has 0 atom stereocenters. The predicted octanol–water partition coefficient (Wildman–Crippen LogP) is 2.05. The highest BCUT2D eigenvalue weighted by molar-refractivity contribution is 5.79. The first-order valence-electron chi connectivity index (χ1n) is 9.44. The molecular weight excluding hydrogens is 316 g/mol. The van der Waals surface area contributed by atoms with Gasteiger partial charge in [0.2, 0.25) is 5.91 Å². The lowest BCUT2D eigenvalue weighted by atomic mass is 9.83. The predicted molar refractivity (Wildman–Crippen MR) is 92.9 cm³/mol. The number of nitrogens with zero attached hydrogens (tertiary/aromatic N) is 6. The van der Waals surface area contributed by atoms with Crippen LogP contribution in [0.4, 0.5) is 0 Å². The topological polar surface area (TPSA) is 68.8 Å². The Kier molecular flexibility index (Phi) is 4.55. The molecule has 0 spiro atoms. The van der Waals surface area contributed by atoms with Crippen LogP contribution in [0, 0.1) is 5.92 Å². The van der Waals surface area contributed by atoms with Crippen molar-refractivity contribution in [3.05, 3.63) is 30.1 Å². The number of hydrogen-bond acceptors (Lipinski definition) is 4. The van der Waals surface area contributed by atoms with E-state index in [1.165, 1.54) is 6.42 Å². The van der Waals surface area contributed by atoms with Crippen LogP contribution in [-0.2, 0) is 17.9 Å². The van der Waals surface area contributed by atoms with E-state index in [1.54, 1.807) is 6.20 Å². The molecule has 1 aliphatic heterocycles. The molecule has 7 heteroatoms. The zero-order chi connectivity index (χ0) is 17.2. The number of piperidine rings is 1. The molecule has 7 nitrogen and oxygen atoms in total. The molecular formula is C18H26N6O. The number of carbonyl (C=O) groups is 1. The maximum atomic E-state index is 12.4. The van der Waals surface area contributed by atoms with Crippen molar-refractivity contribution >= 4 is 5.91 Å². The molecule has 2 aliphatic rings. The van der Waals surface area contributed by atoms with Gasteiger partial charge in [0.1, 0.15) is 12.4 Å². The summed E-state index contributed by atoms with van der Waals surface area (Å²) in [4.78, 5) is 14.5. The Morgan fingerprint density at radius 1 is 1.20 bits per heavy atom. The maximum absolute atomic E-state index is 12.4. The van der Waals surface area contributed by atoms with Crippen LogP contribution >= 0.6 is 0 Å². The number of hydrogen-bond donors (Lipinski definition) is 0. The normalized spacial score (nSPS) is 19.2. The van der Waals surface area contributed by atoms with Gasteiger partial charge >= 0.3 is 0 Å². The van der Waals surface area contributed by atoms with Crippen molar-refractivity contribution in [3.8, 4) is 0 Å². The number of carbonyl (C=O) groups excluding carboxylic acids is 1.